The van der Waals surface area contributed by atoms with Gasteiger partial charge in [0, 0.05) is 42.5 Å². The lowest BCUT2D eigenvalue weighted by molar-refractivity contribution is 0.0480. The number of halogens is 2. The van der Waals surface area contributed by atoms with Gasteiger partial charge in [-0.25, -0.2) is 9.78 Å². The third kappa shape index (κ3) is 6.20. The molecular formula is C23H27BrClN3O4S. The van der Waals surface area contributed by atoms with Gasteiger partial charge in [0.25, 0.3) is 0 Å². The molecule has 7 nitrogen and oxygen atoms in total. The Hall–Kier alpha value is -1.81. The van der Waals surface area contributed by atoms with E-state index in [1.54, 1.807) is 17.4 Å². The molecule has 1 saturated heterocycles. The van der Waals surface area contributed by atoms with Crippen molar-refractivity contribution in [1.82, 2.24) is 10.3 Å². The molecular weight excluding hydrogens is 530 g/mol. The average Bonchev–Trinajstić information content (AvgIpc) is 3.48. The highest BCUT2D eigenvalue weighted by atomic mass is 79.9. The molecule has 1 amide bonds. The van der Waals surface area contributed by atoms with Crippen LogP contribution in [0.1, 0.15) is 37.8 Å². The van der Waals surface area contributed by atoms with E-state index in [1.165, 1.54) is 4.88 Å². The van der Waals surface area contributed by atoms with Gasteiger partial charge in [0.1, 0.15) is 22.0 Å². The summed E-state index contributed by atoms with van der Waals surface area (Å²) < 4.78 is 18.1. The number of carbonyl (C=O) groups is 1. The lowest BCUT2D eigenvalue weighted by Crippen LogP contribution is -2.44. The van der Waals surface area contributed by atoms with Crippen molar-refractivity contribution in [3.63, 3.8) is 0 Å². The zero-order valence-electron chi connectivity index (χ0n) is 18.7. The second kappa shape index (κ2) is 10.2. The fraction of sp³-hybridized carbons (Fsp3) is 0.478. The summed E-state index contributed by atoms with van der Waals surface area (Å²) in [6.07, 6.45) is 0.869. The molecule has 3 aromatic heterocycles. The van der Waals surface area contributed by atoms with Gasteiger partial charge in [-0.3, -0.25) is 0 Å². The van der Waals surface area contributed by atoms with Gasteiger partial charge in [-0.2, -0.15) is 0 Å². The molecule has 1 fully saturated rings. The number of nitrogens with zero attached hydrogens (tertiary/aromatic N) is 1. The first kappa shape index (κ1) is 24.3. The van der Waals surface area contributed by atoms with E-state index in [0.29, 0.717) is 48.2 Å². The molecule has 1 aliphatic heterocycles. The van der Waals surface area contributed by atoms with Gasteiger partial charge in [0.15, 0.2) is 5.58 Å². The zero-order valence-corrected chi connectivity index (χ0v) is 21.9. The number of thiophene rings is 1. The number of nitrogens with one attached hydrogen (secondary N) is 2. The van der Waals surface area contributed by atoms with Crippen LogP contribution in [0.2, 0.25) is 5.15 Å². The lowest BCUT2D eigenvalue weighted by Gasteiger charge is -2.26. The van der Waals surface area contributed by atoms with E-state index in [-0.39, 0.29) is 12.0 Å². The van der Waals surface area contributed by atoms with Crippen LogP contribution in [0, 0.1) is 5.92 Å². The van der Waals surface area contributed by atoms with Gasteiger partial charge < -0.3 is 24.5 Å². The van der Waals surface area contributed by atoms with Gasteiger partial charge in [0.05, 0.1) is 16.8 Å². The van der Waals surface area contributed by atoms with E-state index in [0.717, 1.165) is 16.6 Å². The number of pyridine rings is 1. The Balaban J connectivity index is 1.59. The Kier molecular flexibility index (Phi) is 7.53. The summed E-state index contributed by atoms with van der Waals surface area (Å²) in [5.41, 5.74) is 1.46. The molecule has 2 atom stereocenters. The van der Waals surface area contributed by atoms with Crippen molar-refractivity contribution in [2.75, 3.05) is 18.5 Å². The third-order valence-corrected chi connectivity index (χ3v) is 7.18. The number of rotatable bonds is 7. The Morgan fingerprint density at radius 1 is 1.45 bits per heavy atom. The predicted molar refractivity (Wildman–Crippen MR) is 134 cm³/mol. The summed E-state index contributed by atoms with van der Waals surface area (Å²) >= 11 is 11.6. The normalized spacial score (nSPS) is 17.3. The number of hydrogen-bond donors (Lipinski definition) is 2. The first-order valence-corrected chi connectivity index (χ1v) is 12.9. The van der Waals surface area contributed by atoms with Gasteiger partial charge in [-0.05, 0) is 54.6 Å². The van der Waals surface area contributed by atoms with Crippen molar-refractivity contribution in [1.29, 1.82) is 0 Å². The molecule has 1 aliphatic rings. The Labute approximate surface area is 210 Å². The molecule has 0 aliphatic carbocycles. The van der Waals surface area contributed by atoms with Crippen molar-refractivity contribution in [3.05, 3.63) is 43.8 Å². The Morgan fingerprint density at radius 3 is 2.94 bits per heavy atom. The van der Waals surface area contributed by atoms with Crippen LogP contribution in [0.15, 0.2) is 32.5 Å². The van der Waals surface area contributed by atoms with Crippen molar-refractivity contribution >= 4 is 61.7 Å². The van der Waals surface area contributed by atoms with Crippen LogP contribution in [0.3, 0.4) is 0 Å². The number of ether oxygens (including phenoxy) is 2. The number of anilines is 1. The molecule has 0 bridgehead atoms. The van der Waals surface area contributed by atoms with Gasteiger partial charge in [-0.15, -0.1) is 11.3 Å². The van der Waals surface area contributed by atoms with Crippen molar-refractivity contribution < 1.29 is 18.7 Å². The standard InChI is InChI=1S/C23H27BrClN3O4S/c1-23(2,3)32-22(29)27-15(13-6-7-30-12-13)9-17-19(24)20-21(31-17)16(10-18(25)28-20)26-11-14-5-4-8-33-14/h4-5,8,10,13,15H,6-7,9,11-12H2,1-3H3,(H,26,28)(H,27,29). The molecule has 2 N–H and O–H groups in total. The summed E-state index contributed by atoms with van der Waals surface area (Å²) in [6, 6.07) is 5.64. The zero-order chi connectivity index (χ0) is 23.6. The van der Waals surface area contributed by atoms with Crippen LogP contribution >= 0.6 is 38.9 Å². The minimum atomic E-state index is -0.579. The van der Waals surface area contributed by atoms with E-state index in [9.17, 15) is 4.79 Å². The highest BCUT2D eigenvalue weighted by Gasteiger charge is 2.31. The highest BCUT2D eigenvalue weighted by molar-refractivity contribution is 9.10. The molecule has 10 heteroatoms. The van der Waals surface area contributed by atoms with Gasteiger partial charge >= 0.3 is 6.09 Å². The van der Waals surface area contributed by atoms with Crippen molar-refractivity contribution in [3.8, 4) is 0 Å². The molecule has 0 radical (unpaired) electrons. The van der Waals surface area contributed by atoms with Gasteiger partial charge in [-0.1, -0.05) is 17.7 Å². The van der Waals surface area contributed by atoms with Gasteiger partial charge in [0.2, 0.25) is 0 Å². The number of alkyl carbamates (subject to hydrolysis) is 1. The lowest BCUT2D eigenvalue weighted by atomic mass is 9.95. The van der Waals surface area contributed by atoms with Crippen LogP contribution < -0.4 is 10.6 Å². The van der Waals surface area contributed by atoms with Crippen molar-refractivity contribution in [2.24, 2.45) is 5.92 Å². The summed E-state index contributed by atoms with van der Waals surface area (Å²) in [5.74, 6) is 0.845. The monoisotopic (exact) mass is 555 g/mol. The molecule has 0 spiro atoms. The van der Waals surface area contributed by atoms with Crippen LogP contribution in [-0.4, -0.2) is 35.9 Å². The fourth-order valence-electron chi connectivity index (χ4n) is 3.78. The molecule has 4 rings (SSSR count). The minimum Gasteiger partial charge on any atom is -0.456 e. The predicted octanol–water partition coefficient (Wildman–Crippen LogP) is 6.39. The highest BCUT2D eigenvalue weighted by Crippen LogP contribution is 2.37. The fourth-order valence-corrected chi connectivity index (χ4v) is 5.13. The molecule has 0 saturated carbocycles. The average molecular weight is 557 g/mol. The molecule has 3 aromatic rings. The van der Waals surface area contributed by atoms with E-state index >= 15 is 0 Å². The summed E-state index contributed by atoms with van der Waals surface area (Å²) in [7, 11) is 0. The van der Waals surface area contributed by atoms with Crippen molar-refractivity contribution in [2.45, 2.75) is 51.8 Å². The molecule has 4 heterocycles. The topological polar surface area (TPSA) is 85.6 Å². The molecule has 2 unspecified atom stereocenters. The third-order valence-electron chi connectivity index (χ3n) is 5.29. The Bertz CT molecular complexity index is 1110. The largest absolute Gasteiger partial charge is 0.456 e. The maximum absolute atomic E-state index is 12.5. The van der Waals surface area contributed by atoms with E-state index in [4.69, 9.17) is 25.5 Å². The number of amides is 1. The number of aromatic nitrogens is 1. The summed E-state index contributed by atoms with van der Waals surface area (Å²) in [5, 5.41) is 8.83. The second-order valence-electron chi connectivity index (χ2n) is 9.02. The smallest absolute Gasteiger partial charge is 0.407 e. The maximum Gasteiger partial charge on any atom is 0.407 e. The summed E-state index contributed by atoms with van der Waals surface area (Å²) in [4.78, 5) is 18.2. The minimum absolute atomic E-state index is 0.158. The quantitative estimate of drug-likeness (QED) is 0.328. The first-order valence-electron chi connectivity index (χ1n) is 10.8. The van der Waals surface area contributed by atoms with E-state index in [1.807, 2.05) is 32.2 Å². The number of carbonyl (C=O) groups excluding carboxylic acids is 1. The molecule has 0 aromatic carbocycles. The van der Waals surface area contributed by atoms with E-state index < -0.39 is 11.7 Å². The van der Waals surface area contributed by atoms with E-state index in [2.05, 4.69) is 37.6 Å². The molecule has 178 valence electrons. The summed E-state index contributed by atoms with van der Waals surface area (Å²) in [6.45, 7) is 7.44. The maximum atomic E-state index is 12.5. The van der Waals surface area contributed by atoms with Crippen LogP contribution in [0.25, 0.3) is 11.1 Å². The van der Waals surface area contributed by atoms with Crippen LogP contribution in [0.4, 0.5) is 10.5 Å². The number of furan rings is 1. The molecule has 33 heavy (non-hydrogen) atoms. The first-order chi connectivity index (χ1) is 15.7. The SMILES string of the molecule is CC(C)(C)OC(=O)NC(Cc1oc2c(NCc3cccs3)cc(Cl)nc2c1Br)C1CCOC1. The number of hydrogen-bond acceptors (Lipinski definition) is 7. The Morgan fingerprint density at radius 2 is 2.27 bits per heavy atom. The number of fused-ring (bicyclic) bond motifs is 1. The second-order valence-corrected chi connectivity index (χ2v) is 11.2. The van der Waals surface area contributed by atoms with Crippen LogP contribution in [-0.2, 0) is 22.4 Å². The van der Waals surface area contributed by atoms with Crippen LogP contribution in [0.5, 0.6) is 0 Å².